The van der Waals surface area contributed by atoms with E-state index in [0.29, 0.717) is 0 Å². The Kier molecular flexibility index (Phi) is 6.68. The molecular weight excluding hydrogens is 341 g/mol. The number of aromatic amines is 3. The minimum Gasteiger partial charge on any atom is -0.324 e. The molecule has 0 fully saturated rings. The van der Waals surface area contributed by atoms with Crippen LogP contribution in [0.25, 0.3) is 0 Å². The van der Waals surface area contributed by atoms with Crippen LogP contribution in [-0.2, 0) is 23.8 Å². The minimum absolute atomic E-state index is 0.743. The van der Waals surface area contributed by atoms with Gasteiger partial charge in [-0.3, -0.25) is 0 Å². The lowest BCUT2D eigenvalue weighted by atomic mass is 10.3. The van der Waals surface area contributed by atoms with Crippen molar-refractivity contribution in [3.63, 3.8) is 0 Å². The number of hydrogen-bond acceptors (Lipinski definition) is 1. The summed E-state index contributed by atoms with van der Waals surface area (Å²) < 4.78 is 13.7. The van der Waals surface area contributed by atoms with E-state index in [2.05, 4.69) is 33.2 Å². The summed E-state index contributed by atoms with van der Waals surface area (Å²) in [6, 6.07) is 18.2. The Morgan fingerprint density at radius 1 is 0.577 bits per heavy atom. The summed E-state index contributed by atoms with van der Waals surface area (Å²) in [5.41, 5.74) is 3.43. The predicted molar refractivity (Wildman–Crippen MR) is 102 cm³/mol. The van der Waals surface area contributed by atoms with Crippen LogP contribution in [0, 0.1) is 0 Å². The fourth-order valence-corrected chi connectivity index (χ4v) is 5.68. The van der Waals surface area contributed by atoms with Gasteiger partial charge >= 0.3 is 0 Å². The second kappa shape index (κ2) is 9.40. The first kappa shape index (κ1) is 18.5. The summed E-state index contributed by atoms with van der Waals surface area (Å²) in [6.07, 6.45) is 10.5. The van der Waals surface area contributed by atoms with E-state index >= 15 is 0 Å². The van der Waals surface area contributed by atoms with Crippen molar-refractivity contribution in [2.75, 3.05) is 18.5 Å². The van der Waals surface area contributed by atoms with Crippen molar-refractivity contribution in [2.24, 2.45) is 0 Å². The van der Waals surface area contributed by atoms with Crippen LogP contribution in [0.15, 0.2) is 73.2 Å². The Morgan fingerprint density at radius 2 is 0.923 bits per heavy atom. The molecule has 0 aliphatic carbocycles. The van der Waals surface area contributed by atoms with Crippen molar-refractivity contribution in [3.8, 4) is 0 Å². The second-order valence-electron chi connectivity index (χ2n) is 6.64. The fourth-order valence-electron chi connectivity index (χ4n) is 3.07. The van der Waals surface area contributed by atoms with Gasteiger partial charge in [0.1, 0.15) is 0 Å². The van der Waals surface area contributed by atoms with Gasteiger partial charge in [-0.15, -0.1) is 0 Å². The van der Waals surface area contributed by atoms with Gasteiger partial charge in [0.05, 0.1) is 7.14 Å². The van der Waals surface area contributed by atoms with E-state index in [1.54, 1.807) is 0 Å². The van der Waals surface area contributed by atoms with E-state index in [1.165, 1.54) is 0 Å². The lowest BCUT2D eigenvalue weighted by molar-refractivity contribution is -0.390. The molecule has 0 bridgehead atoms. The number of H-pyrrole nitrogens is 3. The third-order valence-corrected chi connectivity index (χ3v) is 7.80. The molecule has 3 aromatic heterocycles. The van der Waals surface area contributed by atoms with Crippen molar-refractivity contribution >= 4 is 7.14 Å². The van der Waals surface area contributed by atoms with E-state index < -0.39 is 7.14 Å². The average molecular weight is 368 g/mol. The molecule has 0 unspecified atom stereocenters. The van der Waals surface area contributed by atoms with E-state index in [1.807, 2.05) is 55.0 Å². The molecule has 4 nitrogen and oxygen atoms in total. The molecule has 0 aliphatic rings. The van der Waals surface area contributed by atoms with Gasteiger partial charge in [0.2, 0.25) is 0 Å². The van der Waals surface area contributed by atoms with Gasteiger partial charge in [0, 0.05) is 74.1 Å². The summed E-state index contributed by atoms with van der Waals surface area (Å²) in [4.78, 5) is 9.77. The topological polar surface area (TPSA) is 59.5 Å². The summed E-state index contributed by atoms with van der Waals surface area (Å²) in [7, 11) is -2.28. The summed E-state index contributed by atoms with van der Waals surface area (Å²) in [5, 5.41) is 0. The van der Waals surface area contributed by atoms with E-state index in [9.17, 15) is 4.57 Å². The maximum absolute atomic E-state index is 13.7. The van der Waals surface area contributed by atoms with Crippen molar-refractivity contribution in [3.05, 3.63) is 90.3 Å². The minimum atomic E-state index is -2.28. The van der Waals surface area contributed by atoms with Crippen LogP contribution in [0.5, 0.6) is 0 Å². The van der Waals surface area contributed by atoms with Gasteiger partial charge in [-0.2, -0.15) is 0 Å². The Bertz CT molecular complexity index is 713. The van der Waals surface area contributed by atoms with Crippen molar-refractivity contribution < 1.29 is 19.5 Å². The standard InChI is InChI=1S/C21H24N3OP/c25-26(16-10-19-7-1-4-13-22-19,17-11-20-8-2-5-14-23-20)18-12-21-9-3-6-15-24-21/h1-9,13-15H,10-12,16-18H2/p+3. The normalized spacial score (nSPS) is 11.4. The monoisotopic (exact) mass is 368 g/mol. The Labute approximate surface area is 155 Å². The molecule has 3 rings (SSSR count). The zero-order valence-corrected chi connectivity index (χ0v) is 15.9. The number of pyridine rings is 3. The number of aryl methyl sites for hydroxylation is 3. The van der Waals surface area contributed by atoms with Crippen LogP contribution < -0.4 is 15.0 Å². The quantitative estimate of drug-likeness (QED) is 0.536. The fraction of sp³-hybridized carbons (Fsp3) is 0.286. The predicted octanol–water partition coefficient (Wildman–Crippen LogP) is 2.52. The molecule has 0 amide bonds. The highest BCUT2D eigenvalue weighted by Crippen LogP contribution is 2.46. The molecule has 0 radical (unpaired) electrons. The number of aromatic nitrogens is 3. The molecule has 3 N–H and O–H groups in total. The van der Waals surface area contributed by atoms with Gasteiger partial charge in [-0.05, 0) is 0 Å². The first-order valence-corrected chi connectivity index (χ1v) is 11.4. The van der Waals surface area contributed by atoms with Crippen LogP contribution >= 0.6 is 7.14 Å². The van der Waals surface area contributed by atoms with Crippen molar-refractivity contribution in [2.45, 2.75) is 19.3 Å². The molecule has 134 valence electrons. The van der Waals surface area contributed by atoms with Crippen LogP contribution in [0.1, 0.15) is 17.1 Å². The second-order valence-corrected chi connectivity index (χ2v) is 10.1. The number of rotatable bonds is 9. The van der Waals surface area contributed by atoms with Gasteiger partial charge in [0.15, 0.2) is 35.7 Å². The molecule has 5 heteroatoms. The highest BCUT2D eigenvalue weighted by Gasteiger charge is 2.25. The van der Waals surface area contributed by atoms with E-state index in [-0.39, 0.29) is 0 Å². The molecule has 3 heterocycles. The smallest absolute Gasteiger partial charge is 0.180 e. The van der Waals surface area contributed by atoms with Crippen LogP contribution in [-0.4, -0.2) is 18.5 Å². The first-order chi connectivity index (χ1) is 12.7. The average Bonchev–Trinajstić information content (AvgIpc) is 2.72. The van der Waals surface area contributed by atoms with Crippen molar-refractivity contribution in [1.82, 2.24) is 0 Å². The van der Waals surface area contributed by atoms with Crippen LogP contribution in [0.4, 0.5) is 0 Å². The summed E-state index contributed by atoms with van der Waals surface area (Å²) in [6.45, 7) is 0. The van der Waals surface area contributed by atoms with Crippen LogP contribution in [0.2, 0.25) is 0 Å². The SMILES string of the molecule is O=P(CCc1cccc[nH+]1)(CCc1cccc[nH+]1)CCc1cccc[nH+]1. The molecule has 0 aromatic carbocycles. The third kappa shape index (κ3) is 5.89. The lowest BCUT2D eigenvalue weighted by Crippen LogP contribution is -2.17. The number of hydrogen-bond donors (Lipinski definition) is 0. The zero-order valence-electron chi connectivity index (χ0n) is 15.0. The molecule has 0 spiro atoms. The molecule has 0 atom stereocenters. The summed E-state index contributed by atoms with van der Waals surface area (Å²) in [5.74, 6) is 0. The molecular formula is C21H27N3OP+3. The highest BCUT2D eigenvalue weighted by atomic mass is 31.2. The maximum Gasteiger partial charge on any atom is 0.180 e. The Hall–Kier alpha value is -2.32. The largest absolute Gasteiger partial charge is 0.324 e. The Balaban J connectivity index is 1.65. The first-order valence-electron chi connectivity index (χ1n) is 9.17. The Morgan fingerprint density at radius 3 is 1.19 bits per heavy atom. The van der Waals surface area contributed by atoms with E-state index in [0.717, 1.165) is 54.8 Å². The van der Waals surface area contributed by atoms with Crippen molar-refractivity contribution in [1.29, 1.82) is 0 Å². The van der Waals surface area contributed by atoms with Gasteiger partial charge < -0.3 is 4.57 Å². The van der Waals surface area contributed by atoms with Crippen LogP contribution in [0.3, 0.4) is 0 Å². The van der Waals surface area contributed by atoms with Gasteiger partial charge in [-0.25, -0.2) is 15.0 Å². The molecule has 26 heavy (non-hydrogen) atoms. The molecule has 0 saturated carbocycles. The number of nitrogens with one attached hydrogen (secondary N) is 3. The molecule has 0 aliphatic heterocycles. The van der Waals surface area contributed by atoms with E-state index in [4.69, 9.17) is 0 Å². The lowest BCUT2D eigenvalue weighted by Gasteiger charge is -2.16. The maximum atomic E-state index is 13.7. The zero-order chi connectivity index (χ0) is 18.1. The highest BCUT2D eigenvalue weighted by molar-refractivity contribution is 7.63. The molecule has 0 saturated heterocycles. The van der Waals surface area contributed by atoms with Gasteiger partial charge in [0.25, 0.3) is 0 Å². The van der Waals surface area contributed by atoms with Gasteiger partial charge in [-0.1, -0.05) is 18.2 Å². The summed E-state index contributed by atoms with van der Waals surface area (Å²) >= 11 is 0. The molecule has 3 aromatic rings. The third-order valence-electron chi connectivity index (χ3n) is 4.69.